The van der Waals surface area contributed by atoms with Crippen molar-refractivity contribution in [2.24, 2.45) is 0 Å². The van der Waals surface area contributed by atoms with Crippen molar-refractivity contribution < 1.29 is 9.53 Å². The van der Waals surface area contributed by atoms with Crippen LogP contribution in [0.15, 0.2) is 24.3 Å². The van der Waals surface area contributed by atoms with Crippen LogP contribution in [0.3, 0.4) is 0 Å². The Morgan fingerprint density at radius 3 is 2.62 bits per heavy atom. The number of hydrogen-bond acceptors (Lipinski definition) is 2. The third kappa shape index (κ3) is 4.65. The maximum Gasteiger partial charge on any atom is 0.134 e. The molecule has 0 aliphatic rings. The molecule has 1 aromatic carbocycles. The number of carbonyl (C=O) groups is 1. The van der Waals surface area contributed by atoms with Crippen LogP contribution in [0, 0.1) is 12.3 Å². The van der Waals surface area contributed by atoms with Gasteiger partial charge in [-0.15, -0.1) is 12.3 Å². The van der Waals surface area contributed by atoms with Gasteiger partial charge < -0.3 is 4.74 Å². The Labute approximate surface area is 96.6 Å². The van der Waals surface area contributed by atoms with Gasteiger partial charge in [0.2, 0.25) is 0 Å². The highest BCUT2D eigenvalue weighted by Crippen LogP contribution is 2.13. The number of Topliss-reactive ketones (excluding diaryl/α,β-unsaturated/α-hetero) is 1. The van der Waals surface area contributed by atoms with E-state index in [1.54, 1.807) is 6.92 Å². The van der Waals surface area contributed by atoms with E-state index >= 15 is 0 Å². The van der Waals surface area contributed by atoms with Crippen molar-refractivity contribution in [3.63, 3.8) is 0 Å². The van der Waals surface area contributed by atoms with Crippen LogP contribution in [-0.2, 0) is 11.2 Å². The lowest BCUT2D eigenvalue weighted by Crippen LogP contribution is -1.98. The van der Waals surface area contributed by atoms with Crippen LogP contribution in [0.4, 0.5) is 0 Å². The first-order chi connectivity index (χ1) is 7.72. The smallest absolute Gasteiger partial charge is 0.134 e. The van der Waals surface area contributed by atoms with Gasteiger partial charge in [-0.1, -0.05) is 12.1 Å². The van der Waals surface area contributed by atoms with E-state index in [1.165, 1.54) is 0 Å². The summed E-state index contributed by atoms with van der Waals surface area (Å²) in [6.45, 7) is 2.22. The zero-order valence-corrected chi connectivity index (χ0v) is 9.53. The molecule has 0 fully saturated rings. The van der Waals surface area contributed by atoms with Gasteiger partial charge in [-0.05, 0) is 31.0 Å². The lowest BCUT2D eigenvalue weighted by atomic mass is 10.1. The minimum atomic E-state index is 0.169. The van der Waals surface area contributed by atoms with Crippen LogP contribution in [0.25, 0.3) is 0 Å². The summed E-state index contributed by atoms with van der Waals surface area (Å²) in [6.07, 6.45) is 7.23. The molecular weight excluding hydrogens is 200 g/mol. The molecule has 0 saturated carbocycles. The lowest BCUT2D eigenvalue weighted by molar-refractivity contribution is -0.116. The molecule has 0 heterocycles. The normalized spacial score (nSPS) is 9.50. The first kappa shape index (κ1) is 12.3. The molecule has 0 amide bonds. The first-order valence-electron chi connectivity index (χ1n) is 5.37. The number of ether oxygens (including phenoxy) is 1. The minimum absolute atomic E-state index is 0.169. The third-order valence-corrected chi connectivity index (χ3v) is 2.11. The molecule has 0 unspecified atom stereocenters. The van der Waals surface area contributed by atoms with E-state index in [0.29, 0.717) is 13.0 Å². The predicted octanol–water partition coefficient (Wildman–Crippen LogP) is 2.61. The van der Waals surface area contributed by atoms with Gasteiger partial charge in [0.25, 0.3) is 0 Å². The summed E-state index contributed by atoms with van der Waals surface area (Å²) in [5.41, 5.74) is 1.02. The standard InChI is InChI=1S/C14H16O2/c1-3-4-5-10-16-14-8-6-13(7-9-14)11-12(2)15/h1,6-9H,4-5,10-11H2,2H3. The molecule has 84 valence electrons. The molecule has 0 aliphatic carbocycles. The van der Waals surface area contributed by atoms with Crippen LogP contribution >= 0.6 is 0 Å². The summed E-state index contributed by atoms with van der Waals surface area (Å²) in [5, 5.41) is 0. The molecule has 0 radical (unpaired) electrons. The van der Waals surface area contributed by atoms with Crippen LogP contribution in [-0.4, -0.2) is 12.4 Å². The second-order valence-electron chi connectivity index (χ2n) is 3.68. The van der Waals surface area contributed by atoms with Crippen molar-refractivity contribution in [1.82, 2.24) is 0 Å². The van der Waals surface area contributed by atoms with Gasteiger partial charge in [0, 0.05) is 12.8 Å². The zero-order valence-electron chi connectivity index (χ0n) is 9.53. The number of unbranched alkanes of at least 4 members (excludes halogenated alkanes) is 1. The predicted molar refractivity (Wildman–Crippen MR) is 64.4 cm³/mol. The van der Waals surface area contributed by atoms with Crippen molar-refractivity contribution >= 4 is 5.78 Å². The number of hydrogen-bond donors (Lipinski definition) is 0. The van der Waals surface area contributed by atoms with Crippen molar-refractivity contribution in [3.8, 4) is 18.1 Å². The van der Waals surface area contributed by atoms with Crippen molar-refractivity contribution in [1.29, 1.82) is 0 Å². The number of carbonyl (C=O) groups excluding carboxylic acids is 1. The summed E-state index contributed by atoms with van der Waals surface area (Å²) in [5.74, 6) is 3.56. The zero-order chi connectivity index (χ0) is 11.8. The number of terminal acetylenes is 1. The van der Waals surface area contributed by atoms with Crippen LogP contribution in [0.5, 0.6) is 5.75 Å². The van der Waals surface area contributed by atoms with Crippen LogP contribution in [0.2, 0.25) is 0 Å². The molecule has 1 rings (SSSR count). The SMILES string of the molecule is C#CCCCOc1ccc(CC(C)=O)cc1. The Morgan fingerprint density at radius 2 is 2.06 bits per heavy atom. The van der Waals surface area contributed by atoms with E-state index in [2.05, 4.69) is 5.92 Å². The van der Waals surface area contributed by atoms with E-state index < -0.39 is 0 Å². The molecule has 2 nitrogen and oxygen atoms in total. The maximum atomic E-state index is 10.9. The number of ketones is 1. The van der Waals surface area contributed by atoms with E-state index in [-0.39, 0.29) is 5.78 Å². The Morgan fingerprint density at radius 1 is 1.38 bits per heavy atom. The highest BCUT2D eigenvalue weighted by Gasteiger charge is 1.98. The molecule has 0 spiro atoms. The average Bonchev–Trinajstić information content (AvgIpc) is 2.26. The number of rotatable bonds is 6. The molecule has 16 heavy (non-hydrogen) atoms. The van der Waals surface area contributed by atoms with Gasteiger partial charge in [-0.2, -0.15) is 0 Å². The van der Waals surface area contributed by atoms with Crippen molar-refractivity contribution in [2.45, 2.75) is 26.2 Å². The highest BCUT2D eigenvalue weighted by molar-refractivity contribution is 5.78. The van der Waals surface area contributed by atoms with Crippen molar-refractivity contribution in [3.05, 3.63) is 29.8 Å². The second-order valence-corrected chi connectivity index (χ2v) is 3.68. The topological polar surface area (TPSA) is 26.3 Å². The molecular formula is C14H16O2. The maximum absolute atomic E-state index is 10.9. The summed E-state index contributed by atoms with van der Waals surface area (Å²) in [7, 11) is 0. The molecule has 2 heteroatoms. The first-order valence-corrected chi connectivity index (χ1v) is 5.37. The van der Waals surface area contributed by atoms with Crippen molar-refractivity contribution in [2.75, 3.05) is 6.61 Å². The fourth-order valence-electron chi connectivity index (χ4n) is 1.36. The monoisotopic (exact) mass is 216 g/mol. The van der Waals surface area contributed by atoms with E-state index in [4.69, 9.17) is 11.2 Å². The van der Waals surface area contributed by atoms with Gasteiger partial charge in [-0.25, -0.2) is 0 Å². The largest absolute Gasteiger partial charge is 0.494 e. The summed E-state index contributed by atoms with van der Waals surface area (Å²) >= 11 is 0. The van der Waals surface area contributed by atoms with E-state index in [9.17, 15) is 4.79 Å². The third-order valence-electron chi connectivity index (χ3n) is 2.11. The highest BCUT2D eigenvalue weighted by atomic mass is 16.5. The van der Waals surface area contributed by atoms with Gasteiger partial charge in [-0.3, -0.25) is 4.79 Å². The van der Waals surface area contributed by atoms with E-state index in [1.807, 2.05) is 24.3 Å². The molecule has 0 saturated heterocycles. The molecule has 0 N–H and O–H groups in total. The van der Waals surface area contributed by atoms with Crippen LogP contribution in [0.1, 0.15) is 25.3 Å². The molecule has 0 aliphatic heterocycles. The Bertz CT molecular complexity index is 371. The summed E-state index contributed by atoms with van der Waals surface area (Å²) in [4.78, 5) is 10.9. The Hall–Kier alpha value is -1.75. The summed E-state index contributed by atoms with van der Waals surface area (Å²) in [6, 6.07) is 7.60. The van der Waals surface area contributed by atoms with Gasteiger partial charge in [0.05, 0.1) is 6.61 Å². The Kier molecular flexibility index (Phi) is 5.15. The molecule has 0 aromatic heterocycles. The Balaban J connectivity index is 2.39. The second kappa shape index (κ2) is 6.68. The quantitative estimate of drug-likeness (QED) is 0.539. The molecule has 0 bridgehead atoms. The average molecular weight is 216 g/mol. The summed E-state index contributed by atoms with van der Waals surface area (Å²) < 4.78 is 5.49. The van der Waals surface area contributed by atoms with Crippen LogP contribution < -0.4 is 4.74 Å². The fraction of sp³-hybridized carbons (Fsp3) is 0.357. The van der Waals surface area contributed by atoms with Gasteiger partial charge in [0.15, 0.2) is 0 Å². The number of benzene rings is 1. The molecule has 1 aromatic rings. The van der Waals surface area contributed by atoms with Gasteiger partial charge >= 0.3 is 0 Å². The fourth-order valence-corrected chi connectivity index (χ4v) is 1.36. The minimum Gasteiger partial charge on any atom is -0.494 e. The van der Waals surface area contributed by atoms with Gasteiger partial charge in [0.1, 0.15) is 11.5 Å². The molecule has 0 atom stereocenters. The lowest BCUT2D eigenvalue weighted by Gasteiger charge is -2.05. The van der Waals surface area contributed by atoms with E-state index in [0.717, 1.165) is 24.2 Å².